The normalized spacial score (nSPS) is 12.2. The van der Waals surface area contributed by atoms with Crippen molar-refractivity contribution < 1.29 is 4.79 Å². The number of allylic oxidation sites excluding steroid dienone is 1. The first kappa shape index (κ1) is 15.0. The van der Waals surface area contributed by atoms with Crippen LogP contribution >= 0.6 is 0 Å². The molecular formula is C13H26N2O. The molecule has 0 spiro atoms. The third-order valence-electron chi connectivity index (χ3n) is 2.95. The summed E-state index contributed by atoms with van der Waals surface area (Å²) in [4.78, 5) is 13.4. The number of hydrogen-bond donors (Lipinski definition) is 1. The minimum absolute atomic E-state index is 0.310. The van der Waals surface area contributed by atoms with E-state index in [1.54, 1.807) is 0 Å². The molecule has 0 aromatic heterocycles. The van der Waals surface area contributed by atoms with E-state index >= 15 is 0 Å². The Morgan fingerprint density at radius 2 is 1.50 bits per heavy atom. The van der Waals surface area contributed by atoms with Gasteiger partial charge in [0.05, 0.1) is 0 Å². The number of amides is 1. The molecule has 1 amide bonds. The van der Waals surface area contributed by atoms with Crippen molar-refractivity contribution in [1.29, 1.82) is 0 Å². The second-order valence-electron chi connectivity index (χ2n) is 4.27. The zero-order valence-corrected chi connectivity index (χ0v) is 11.2. The molecule has 0 aliphatic carbocycles. The van der Waals surface area contributed by atoms with Crippen molar-refractivity contribution in [1.82, 2.24) is 4.90 Å². The van der Waals surface area contributed by atoms with Gasteiger partial charge in [-0.3, -0.25) is 4.79 Å². The molecule has 0 unspecified atom stereocenters. The van der Waals surface area contributed by atoms with Crippen molar-refractivity contribution in [3.05, 3.63) is 11.3 Å². The lowest BCUT2D eigenvalue weighted by atomic mass is 10.2. The van der Waals surface area contributed by atoms with Gasteiger partial charge in [-0.15, -0.1) is 0 Å². The molecule has 0 aliphatic heterocycles. The van der Waals surface area contributed by atoms with Gasteiger partial charge in [-0.2, -0.15) is 0 Å². The molecule has 0 radical (unpaired) electrons. The van der Waals surface area contributed by atoms with Gasteiger partial charge in [-0.05, 0) is 26.7 Å². The fourth-order valence-electron chi connectivity index (χ4n) is 1.56. The second-order valence-corrected chi connectivity index (χ2v) is 4.27. The zero-order chi connectivity index (χ0) is 12.6. The first-order valence-electron chi connectivity index (χ1n) is 6.26. The Morgan fingerprint density at radius 3 is 1.81 bits per heavy atom. The first-order valence-corrected chi connectivity index (χ1v) is 6.26. The van der Waals surface area contributed by atoms with Crippen molar-refractivity contribution >= 4 is 5.91 Å². The number of hydrogen-bond acceptors (Lipinski definition) is 2. The van der Waals surface area contributed by atoms with Gasteiger partial charge in [0.2, 0.25) is 5.91 Å². The molecule has 2 N–H and O–H groups in total. The van der Waals surface area contributed by atoms with E-state index in [1.807, 2.05) is 13.8 Å². The summed E-state index contributed by atoms with van der Waals surface area (Å²) >= 11 is 0. The minimum atomic E-state index is -0.310. The molecular weight excluding hydrogens is 200 g/mol. The summed E-state index contributed by atoms with van der Waals surface area (Å²) in [5.74, 6) is -0.310. The summed E-state index contributed by atoms with van der Waals surface area (Å²) < 4.78 is 0. The van der Waals surface area contributed by atoms with Gasteiger partial charge in [0, 0.05) is 24.4 Å². The van der Waals surface area contributed by atoms with Gasteiger partial charge < -0.3 is 10.6 Å². The topological polar surface area (TPSA) is 46.3 Å². The summed E-state index contributed by atoms with van der Waals surface area (Å²) in [6, 6.07) is 0. The number of unbranched alkanes of at least 4 members (excludes halogenated alkanes) is 2. The molecule has 0 rings (SSSR count). The predicted molar refractivity (Wildman–Crippen MR) is 69.0 cm³/mol. The number of rotatable bonds is 8. The van der Waals surface area contributed by atoms with Crippen LogP contribution in [-0.2, 0) is 4.79 Å². The van der Waals surface area contributed by atoms with Gasteiger partial charge in [-0.25, -0.2) is 0 Å². The van der Waals surface area contributed by atoms with Gasteiger partial charge in [0.1, 0.15) is 0 Å². The predicted octanol–water partition coefficient (Wildman–Crippen LogP) is 2.67. The van der Waals surface area contributed by atoms with Crippen LogP contribution in [0.3, 0.4) is 0 Å². The average molecular weight is 226 g/mol. The summed E-state index contributed by atoms with van der Waals surface area (Å²) in [6.45, 7) is 10.2. The summed E-state index contributed by atoms with van der Waals surface area (Å²) in [7, 11) is 0. The fraction of sp³-hybridized carbons (Fsp3) is 0.769. The molecule has 94 valence electrons. The molecule has 0 bridgehead atoms. The molecule has 0 aromatic carbocycles. The third kappa shape index (κ3) is 5.19. The Balaban J connectivity index is 4.59. The maximum atomic E-state index is 11.1. The van der Waals surface area contributed by atoms with E-state index in [0.717, 1.165) is 31.6 Å². The van der Waals surface area contributed by atoms with Crippen LogP contribution in [0.2, 0.25) is 0 Å². The molecule has 0 heterocycles. The van der Waals surface area contributed by atoms with Crippen LogP contribution < -0.4 is 5.73 Å². The second kappa shape index (κ2) is 8.20. The summed E-state index contributed by atoms with van der Waals surface area (Å²) in [5, 5.41) is 0. The van der Waals surface area contributed by atoms with E-state index < -0.39 is 0 Å². The van der Waals surface area contributed by atoms with Crippen molar-refractivity contribution in [3.63, 3.8) is 0 Å². The fourth-order valence-corrected chi connectivity index (χ4v) is 1.56. The van der Waals surface area contributed by atoms with Crippen LogP contribution in [0.4, 0.5) is 0 Å². The average Bonchev–Trinajstić information content (AvgIpc) is 2.27. The number of nitrogens with two attached hydrogens (primary N) is 1. The lowest BCUT2D eigenvalue weighted by Gasteiger charge is -2.26. The van der Waals surface area contributed by atoms with E-state index in [1.165, 1.54) is 12.8 Å². The van der Waals surface area contributed by atoms with E-state index in [-0.39, 0.29) is 5.91 Å². The first-order chi connectivity index (χ1) is 7.54. The molecule has 0 saturated carbocycles. The molecule has 3 nitrogen and oxygen atoms in total. The molecule has 0 aromatic rings. The highest BCUT2D eigenvalue weighted by Crippen LogP contribution is 2.12. The van der Waals surface area contributed by atoms with Crippen molar-refractivity contribution in [2.45, 2.75) is 53.4 Å². The number of carbonyl (C=O) groups excluding carboxylic acids is 1. The Kier molecular flexibility index (Phi) is 7.69. The quantitative estimate of drug-likeness (QED) is 0.647. The molecule has 3 heteroatoms. The number of nitrogens with zero attached hydrogens (tertiary/aromatic N) is 1. The molecule has 0 aliphatic rings. The largest absolute Gasteiger partial charge is 0.375 e. The van der Waals surface area contributed by atoms with Crippen LogP contribution in [0, 0.1) is 0 Å². The van der Waals surface area contributed by atoms with Crippen molar-refractivity contribution in [2.24, 2.45) is 5.73 Å². The van der Waals surface area contributed by atoms with E-state index in [2.05, 4.69) is 18.7 Å². The Morgan fingerprint density at radius 1 is 1.06 bits per heavy atom. The van der Waals surface area contributed by atoms with Gasteiger partial charge in [-0.1, -0.05) is 26.7 Å². The smallest absolute Gasteiger partial charge is 0.246 e. The van der Waals surface area contributed by atoms with Gasteiger partial charge in [0.25, 0.3) is 0 Å². The Hall–Kier alpha value is -0.990. The maximum Gasteiger partial charge on any atom is 0.246 e. The van der Waals surface area contributed by atoms with Crippen LogP contribution in [-0.4, -0.2) is 23.9 Å². The highest BCUT2D eigenvalue weighted by Gasteiger charge is 2.10. The zero-order valence-electron chi connectivity index (χ0n) is 11.2. The van der Waals surface area contributed by atoms with Gasteiger partial charge in [0.15, 0.2) is 0 Å². The van der Waals surface area contributed by atoms with E-state index in [0.29, 0.717) is 5.57 Å². The number of carbonyl (C=O) groups is 1. The molecule has 0 fully saturated rings. The van der Waals surface area contributed by atoms with Crippen LogP contribution in [0.5, 0.6) is 0 Å². The van der Waals surface area contributed by atoms with Crippen LogP contribution in [0.15, 0.2) is 11.3 Å². The third-order valence-corrected chi connectivity index (χ3v) is 2.95. The highest BCUT2D eigenvalue weighted by molar-refractivity contribution is 5.91. The highest BCUT2D eigenvalue weighted by atomic mass is 16.1. The Labute approximate surface area is 99.7 Å². The van der Waals surface area contributed by atoms with Crippen LogP contribution in [0.1, 0.15) is 53.4 Å². The SMILES string of the molecule is CCCCN(CCCC)/C(C)=C(\C)C(N)=O. The monoisotopic (exact) mass is 226 g/mol. The summed E-state index contributed by atoms with van der Waals surface area (Å²) in [6.07, 6.45) is 4.66. The lowest BCUT2D eigenvalue weighted by Crippen LogP contribution is -2.27. The van der Waals surface area contributed by atoms with E-state index in [4.69, 9.17) is 5.73 Å². The number of primary amides is 1. The summed E-state index contributed by atoms with van der Waals surface area (Å²) in [5.41, 5.74) is 7.03. The van der Waals surface area contributed by atoms with Gasteiger partial charge >= 0.3 is 0 Å². The van der Waals surface area contributed by atoms with Crippen molar-refractivity contribution in [3.8, 4) is 0 Å². The van der Waals surface area contributed by atoms with Crippen LogP contribution in [0.25, 0.3) is 0 Å². The molecule has 0 saturated heterocycles. The minimum Gasteiger partial charge on any atom is -0.375 e. The standard InChI is InChI=1S/C13H26N2O/c1-5-7-9-15(10-8-6-2)12(4)11(3)13(14)16/h5-10H2,1-4H3,(H2,14,16)/b12-11+. The lowest BCUT2D eigenvalue weighted by molar-refractivity contribution is -0.114. The Bertz CT molecular complexity index is 238. The molecule has 0 atom stereocenters. The molecule has 16 heavy (non-hydrogen) atoms. The maximum absolute atomic E-state index is 11.1. The van der Waals surface area contributed by atoms with Crippen molar-refractivity contribution in [2.75, 3.05) is 13.1 Å². The van der Waals surface area contributed by atoms with E-state index in [9.17, 15) is 4.79 Å².